The maximum atomic E-state index is 13.7. The zero-order chi connectivity index (χ0) is 14.3. The number of carbonyl (C=O) groups is 1. The summed E-state index contributed by atoms with van der Waals surface area (Å²) in [5, 5.41) is 5.51. The van der Waals surface area contributed by atoms with Gasteiger partial charge in [0, 0.05) is 21.8 Å². The van der Waals surface area contributed by atoms with Crippen LogP contribution in [-0.2, 0) is 4.79 Å². The summed E-state index contributed by atoms with van der Waals surface area (Å²) in [4.78, 5) is 12.0. The number of halogens is 3. The van der Waals surface area contributed by atoms with E-state index in [4.69, 9.17) is 0 Å². The first kappa shape index (κ1) is 13.1. The quantitative estimate of drug-likeness (QED) is 0.873. The van der Waals surface area contributed by atoms with Gasteiger partial charge in [-0.25, -0.2) is 8.78 Å². The van der Waals surface area contributed by atoms with Gasteiger partial charge in [0.15, 0.2) is 0 Å². The molecule has 0 radical (unpaired) electrons. The molecule has 0 saturated heterocycles. The van der Waals surface area contributed by atoms with Gasteiger partial charge in [-0.15, -0.1) is 0 Å². The molecular weight excluding hydrogens is 330 g/mol. The number of amides is 1. The van der Waals surface area contributed by atoms with E-state index in [1.165, 1.54) is 6.07 Å². The van der Waals surface area contributed by atoms with Crippen LogP contribution in [0, 0.1) is 11.6 Å². The van der Waals surface area contributed by atoms with Crippen LogP contribution in [0.15, 0.2) is 40.9 Å². The summed E-state index contributed by atoms with van der Waals surface area (Å²) in [5.41, 5.74) is 1.46. The summed E-state index contributed by atoms with van der Waals surface area (Å²) in [6.07, 6.45) is 0. The van der Waals surface area contributed by atoms with Crippen LogP contribution in [0.2, 0.25) is 0 Å². The van der Waals surface area contributed by atoms with Gasteiger partial charge >= 0.3 is 0 Å². The Morgan fingerprint density at radius 1 is 1.20 bits per heavy atom. The lowest BCUT2D eigenvalue weighted by atomic mass is 10.1. The number of benzene rings is 2. The summed E-state index contributed by atoms with van der Waals surface area (Å²) in [6, 6.07) is 7.82. The third-order valence-electron chi connectivity index (χ3n) is 3.09. The van der Waals surface area contributed by atoms with E-state index in [1.54, 1.807) is 18.2 Å². The molecule has 2 aromatic rings. The largest absolute Gasteiger partial charge is 0.368 e. The van der Waals surface area contributed by atoms with Crippen molar-refractivity contribution in [3.8, 4) is 0 Å². The molecule has 1 heterocycles. The van der Waals surface area contributed by atoms with Crippen molar-refractivity contribution in [1.29, 1.82) is 0 Å². The van der Waals surface area contributed by atoms with E-state index < -0.39 is 17.7 Å². The van der Waals surface area contributed by atoms with Crippen LogP contribution < -0.4 is 10.6 Å². The Balaban J connectivity index is 1.98. The Hall–Kier alpha value is -1.95. The van der Waals surface area contributed by atoms with Crippen molar-refractivity contribution in [3.05, 3.63) is 58.1 Å². The molecule has 0 saturated carbocycles. The number of hydrogen-bond acceptors (Lipinski definition) is 2. The lowest BCUT2D eigenvalue weighted by molar-refractivity contribution is -0.116. The summed E-state index contributed by atoms with van der Waals surface area (Å²) in [7, 11) is 0. The summed E-state index contributed by atoms with van der Waals surface area (Å²) in [6.45, 7) is 0. The maximum absolute atomic E-state index is 13.7. The van der Waals surface area contributed by atoms with Crippen LogP contribution in [-0.4, -0.2) is 5.91 Å². The average Bonchev–Trinajstić information content (AvgIpc) is 2.70. The van der Waals surface area contributed by atoms with Gasteiger partial charge in [-0.1, -0.05) is 22.0 Å². The molecule has 3 nitrogen and oxygen atoms in total. The van der Waals surface area contributed by atoms with Gasteiger partial charge in [0.1, 0.15) is 17.7 Å². The first-order valence-corrected chi connectivity index (χ1v) is 6.66. The number of fused-ring (bicyclic) bond motifs is 1. The fourth-order valence-corrected chi connectivity index (χ4v) is 2.77. The second-order valence-corrected chi connectivity index (χ2v) is 5.25. The third kappa shape index (κ3) is 2.16. The van der Waals surface area contributed by atoms with Crippen LogP contribution in [0.5, 0.6) is 0 Å². The minimum absolute atomic E-state index is 0.0788. The van der Waals surface area contributed by atoms with Gasteiger partial charge in [-0.3, -0.25) is 4.79 Å². The van der Waals surface area contributed by atoms with Crippen LogP contribution in [0.25, 0.3) is 0 Å². The topological polar surface area (TPSA) is 41.1 Å². The molecule has 1 unspecified atom stereocenters. The zero-order valence-electron chi connectivity index (χ0n) is 10.1. The summed E-state index contributed by atoms with van der Waals surface area (Å²) >= 11 is 3.37. The van der Waals surface area contributed by atoms with Crippen molar-refractivity contribution in [2.75, 3.05) is 10.6 Å². The van der Waals surface area contributed by atoms with Gasteiger partial charge in [-0.2, -0.15) is 0 Å². The van der Waals surface area contributed by atoms with Crippen LogP contribution in [0.4, 0.5) is 20.2 Å². The van der Waals surface area contributed by atoms with Gasteiger partial charge < -0.3 is 10.6 Å². The van der Waals surface area contributed by atoms with E-state index in [9.17, 15) is 13.6 Å². The molecule has 102 valence electrons. The number of hydrogen-bond donors (Lipinski definition) is 2. The molecule has 0 fully saturated rings. The Kier molecular flexibility index (Phi) is 3.17. The standard InChI is InChI=1S/C14H9BrF2N2O/c15-8-2-1-3-11-12(8)13(14(20)19-11)18-10-5-4-7(16)6-9(10)17/h1-6,13,18H,(H,19,20). The first-order chi connectivity index (χ1) is 9.56. The molecule has 1 aliphatic heterocycles. The molecule has 1 atom stereocenters. The monoisotopic (exact) mass is 338 g/mol. The smallest absolute Gasteiger partial charge is 0.251 e. The Morgan fingerprint density at radius 2 is 2.00 bits per heavy atom. The van der Waals surface area contributed by atoms with E-state index in [1.807, 2.05) is 0 Å². The second-order valence-electron chi connectivity index (χ2n) is 4.39. The van der Waals surface area contributed by atoms with Gasteiger partial charge in [0.2, 0.25) is 0 Å². The fraction of sp³-hybridized carbons (Fsp3) is 0.0714. The zero-order valence-corrected chi connectivity index (χ0v) is 11.7. The van der Waals surface area contributed by atoms with Crippen molar-refractivity contribution < 1.29 is 13.6 Å². The molecule has 0 aromatic heterocycles. The second kappa shape index (κ2) is 4.86. The van der Waals surface area contributed by atoms with E-state index in [0.29, 0.717) is 11.3 Å². The summed E-state index contributed by atoms with van der Waals surface area (Å²) in [5.74, 6) is -1.68. The van der Waals surface area contributed by atoms with Crippen molar-refractivity contribution in [2.24, 2.45) is 0 Å². The average molecular weight is 339 g/mol. The Morgan fingerprint density at radius 3 is 2.75 bits per heavy atom. The molecule has 2 N–H and O–H groups in total. The van der Waals surface area contributed by atoms with Gasteiger partial charge in [0.05, 0.1) is 5.69 Å². The predicted molar refractivity (Wildman–Crippen MR) is 75.5 cm³/mol. The fourth-order valence-electron chi connectivity index (χ4n) is 2.18. The predicted octanol–water partition coefficient (Wildman–Crippen LogP) is 3.83. The highest BCUT2D eigenvalue weighted by molar-refractivity contribution is 9.10. The molecule has 1 amide bonds. The highest BCUT2D eigenvalue weighted by atomic mass is 79.9. The molecule has 6 heteroatoms. The highest BCUT2D eigenvalue weighted by Gasteiger charge is 2.32. The van der Waals surface area contributed by atoms with Gasteiger partial charge in [-0.05, 0) is 24.3 Å². The first-order valence-electron chi connectivity index (χ1n) is 5.87. The van der Waals surface area contributed by atoms with E-state index in [-0.39, 0.29) is 11.6 Å². The normalized spacial score (nSPS) is 16.8. The lowest BCUT2D eigenvalue weighted by Crippen LogP contribution is -2.20. The molecule has 0 spiro atoms. The molecule has 3 rings (SSSR count). The van der Waals surface area contributed by atoms with E-state index in [2.05, 4.69) is 26.6 Å². The van der Waals surface area contributed by atoms with Crippen molar-refractivity contribution in [3.63, 3.8) is 0 Å². The van der Waals surface area contributed by atoms with Crippen LogP contribution >= 0.6 is 15.9 Å². The van der Waals surface area contributed by atoms with E-state index in [0.717, 1.165) is 16.6 Å². The van der Waals surface area contributed by atoms with Crippen molar-refractivity contribution >= 4 is 33.2 Å². The van der Waals surface area contributed by atoms with Crippen LogP contribution in [0.3, 0.4) is 0 Å². The molecule has 2 aromatic carbocycles. The SMILES string of the molecule is O=C1Nc2cccc(Br)c2C1Nc1ccc(F)cc1F. The molecule has 1 aliphatic rings. The third-order valence-corrected chi connectivity index (χ3v) is 3.78. The summed E-state index contributed by atoms with van der Waals surface area (Å²) < 4.78 is 27.3. The highest BCUT2D eigenvalue weighted by Crippen LogP contribution is 2.38. The molecule has 0 bridgehead atoms. The number of rotatable bonds is 2. The minimum atomic E-state index is -0.738. The Bertz CT molecular complexity index is 706. The van der Waals surface area contributed by atoms with Crippen LogP contribution in [0.1, 0.15) is 11.6 Å². The molecule has 20 heavy (non-hydrogen) atoms. The number of carbonyl (C=O) groups excluding carboxylic acids is 1. The van der Waals surface area contributed by atoms with Crippen molar-refractivity contribution in [1.82, 2.24) is 0 Å². The minimum Gasteiger partial charge on any atom is -0.368 e. The Labute approximate surface area is 122 Å². The number of anilines is 2. The molecule has 0 aliphatic carbocycles. The maximum Gasteiger partial charge on any atom is 0.251 e. The van der Waals surface area contributed by atoms with Crippen molar-refractivity contribution in [2.45, 2.75) is 6.04 Å². The van der Waals surface area contributed by atoms with Gasteiger partial charge in [0.25, 0.3) is 5.91 Å². The lowest BCUT2D eigenvalue weighted by Gasteiger charge is -2.14. The molecular formula is C14H9BrF2N2O. The number of nitrogens with one attached hydrogen (secondary N) is 2. The van der Waals surface area contributed by atoms with E-state index >= 15 is 0 Å².